The van der Waals surface area contributed by atoms with Crippen LogP contribution < -0.4 is 9.47 Å². The van der Waals surface area contributed by atoms with Gasteiger partial charge in [-0.25, -0.2) is 0 Å². The Morgan fingerprint density at radius 3 is 2.93 bits per heavy atom. The summed E-state index contributed by atoms with van der Waals surface area (Å²) in [6.45, 7) is 5.16. The molecular formula is C24H30N2O3. The predicted octanol–water partition coefficient (Wildman–Crippen LogP) is 4.71. The van der Waals surface area contributed by atoms with E-state index in [2.05, 4.69) is 29.1 Å². The van der Waals surface area contributed by atoms with E-state index in [0.717, 1.165) is 49.5 Å². The number of aliphatic imine (C=N–C) groups is 1. The lowest BCUT2D eigenvalue weighted by molar-refractivity contribution is 0.0978. The second-order valence-corrected chi connectivity index (χ2v) is 7.32. The number of Topliss-reactive ketones (excluding diaryl/α,β-unsaturated/α-hetero) is 1. The molecule has 154 valence electrons. The number of carbonyl (C=O) groups excluding carboxylic acids is 1. The number of likely N-dealkylation sites (N-methyl/N-ethyl adjacent to an activating group) is 1. The van der Waals surface area contributed by atoms with E-state index in [1.165, 1.54) is 5.56 Å². The predicted molar refractivity (Wildman–Crippen MR) is 117 cm³/mol. The van der Waals surface area contributed by atoms with Gasteiger partial charge in [-0.05, 0) is 75.7 Å². The highest BCUT2D eigenvalue weighted by Gasteiger charge is 2.12. The number of carbonyl (C=O) groups is 1. The van der Waals surface area contributed by atoms with E-state index >= 15 is 0 Å². The van der Waals surface area contributed by atoms with Gasteiger partial charge in [0.1, 0.15) is 23.8 Å². The summed E-state index contributed by atoms with van der Waals surface area (Å²) >= 11 is 0. The molecule has 0 radical (unpaired) electrons. The minimum absolute atomic E-state index is 0.170. The fourth-order valence-electron chi connectivity index (χ4n) is 3.38. The van der Waals surface area contributed by atoms with E-state index in [1.54, 1.807) is 6.21 Å². The lowest BCUT2D eigenvalue weighted by atomic mass is 10.0. The number of hydrogen-bond acceptors (Lipinski definition) is 5. The van der Waals surface area contributed by atoms with Gasteiger partial charge in [0.15, 0.2) is 5.78 Å². The van der Waals surface area contributed by atoms with Crippen molar-refractivity contribution in [2.45, 2.75) is 32.6 Å². The Morgan fingerprint density at radius 2 is 2.07 bits per heavy atom. The maximum atomic E-state index is 12.5. The van der Waals surface area contributed by atoms with Crippen molar-refractivity contribution in [3.8, 4) is 11.5 Å². The molecule has 5 heteroatoms. The third kappa shape index (κ3) is 6.43. The van der Waals surface area contributed by atoms with Gasteiger partial charge in [-0.1, -0.05) is 12.1 Å². The number of unbranched alkanes of at least 4 members (excludes halogenated alkanes) is 1. The zero-order chi connectivity index (χ0) is 20.5. The highest BCUT2D eigenvalue weighted by Crippen LogP contribution is 2.30. The Hall–Kier alpha value is -2.66. The Morgan fingerprint density at radius 1 is 1.17 bits per heavy atom. The van der Waals surface area contributed by atoms with Crippen LogP contribution in [0.15, 0.2) is 47.5 Å². The van der Waals surface area contributed by atoms with Gasteiger partial charge in [0.25, 0.3) is 0 Å². The van der Waals surface area contributed by atoms with Gasteiger partial charge in [-0.15, -0.1) is 0 Å². The van der Waals surface area contributed by atoms with Crippen molar-refractivity contribution in [2.75, 3.05) is 33.4 Å². The second kappa shape index (κ2) is 10.8. The third-order valence-corrected chi connectivity index (χ3v) is 5.01. The smallest absolute Gasteiger partial charge is 0.162 e. The summed E-state index contributed by atoms with van der Waals surface area (Å²) in [4.78, 5) is 19.1. The van der Waals surface area contributed by atoms with Crippen LogP contribution in [0, 0.1) is 0 Å². The molecule has 1 aliphatic rings. The molecule has 2 aromatic rings. The first-order valence-corrected chi connectivity index (χ1v) is 10.4. The monoisotopic (exact) mass is 394 g/mol. The highest BCUT2D eigenvalue weighted by atomic mass is 16.5. The standard InChI is InChI=1S/C24H30N2O3/c1-3-28-21-8-6-7-19(17-21)12-15-26(2)14-5-4-9-23(27)20-10-11-24-22(18-20)25-13-16-29-24/h6-8,10-11,13,17-18H,3-5,9,12,14-16H2,1-2H3. The average molecular weight is 395 g/mol. The van der Waals surface area contributed by atoms with Gasteiger partial charge in [-0.3, -0.25) is 9.79 Å². The maximum absolute atomic E-state index is 12.5. The Balaban J connectivity index is 1.36. The van der Waals surface area contributed by atoms with Crippen LogP contribution in [-0.4, -0.2) is 50.2 Å². The molecule has 1 heterocycles. The van der Waals surface area contributed by atoms with Crippen molar-refractivity contribution in [3.05, 3.63) is 53.6 Å². The number of hydrogen-bond donors (Lipinski definition) is 0. The summed E-state index contributed by atoms with van der Waals surface area (Å²) in [7, 11) is 2.13. The van der Waals surface area contributed by atoms with Crippen LogP contribution in [0.4, 0.5) is 5.69 Å². The lowest BCUT2D eigenvalue weighted by Gasteiger charge is -2.16. The fraction of sp³-hybridized carbons (Fsp3) is 0.417. The number of fused-ring (bicyclic) bond motifs is 1. The van der Waals surface area contributed by atoms with Gasteiger partial charge in [0.2, 0.25) is 0 Å². The van der Waals surface area contributed by atoms with Gasteiger partial charge < -0.3 is 14.4 Å². The zero-order valence-corrected chi connectivity index (χ0v) is 17.4. The van der Waals surface area contributed by atoms with Crippen molar-refractivity contribution < 1.29 is 14.3 Å². The topological polar surface area (TPSA) is 51.1 Å². The number of ether oxygens (including phenoxy) is 2. The van der Waals surface area contributed by atoms with Gasteiger partial charge >= 0.3 is 0 Å². The Bertz CT molecular complexity index is 848. The van der Waals surface area contributed by atoms with E-state index in [9.17, 15) is 4.79 Å². The largest absolute Gasteiger partial charge is 0.494 e. The minimum atomic E-state index is 0.170. The average Bonchev–Trinajstić information content (AvgIpc) is 2.75. The van der Waals surface area contributed by atoms with Crippen molar-refractivity contribution >= 4 is 17.7 Å². The molecule has 0 bridgehead atoms. The first-order valence-electron chi connectivity index (χ1n) is 10.4. The number of rotatable bonds is 11. The summed E-state index contributed by atoms with van der Waals surface area (Å²) < 4.78 is 11.0. The van der Waals surface area contributed by atoms with E-state index < -0.39 is 0 Å². The van der Waals surface area contributed by atoms with Crippen molar-refractivity contribution in [2.24, 2.45) is 4.99 Å². The molecular weight excluding hydrogens is 364 g/mol. The number of benzene rings is 2. The quantitative estimate of drug-likeness (QED) is 0.409. The van der Waals surface area contributed by atoms with E-state index in [0.29, 0.717) is 25.2 Å². The normalized spacial score (nSPS) is 12.5. The van der Waals surface area contributed by atoms with Crippen LogP contribution in [0.3, 0.4) is 0 Å². The van der Waals surface area contributed by atoms with Crippen LogP contribution in [0.25, 0.3) is 0 Å². The molecule has 3 rings (SSSR count). The van der Waals surface area contributed by atoms with E-state index in [1.807, 2.05) is 37.3 Å². The molecule has 0 N–H and O–H groups in total. The van der Waals surface area contributed by atoms with Crippen LogP contribution in [0.1, 0.15) is 42.1 Å². The molecule has 1 aliphatic heterocycles. The Labute approximate surface area is 173 Å². The molecule has 0 saturated carbocycles. The van der Waals surface area contributed by atoms with Crippen molar-refractivity contribution in [1.82, 2.24) is 4.90 Å². The fourth-order valence-corrected chi connectivity index (χ4v) is 3.38. The number of nitrogens with zero attached hydrogens (tertiary/aromatic N) is 2. The Kier molecular flexibility index (Phi) is 7.82. The lowest BCUT2D eigenvalue weighted by Crippen LogP contribution is -2.22. The second-order valence-electron chi connectivity index (χ2n) is 7.32. The SMILES string of the molecule is CCOc1cccc(CCN(C)CCCCC(=O)c2ccc3c(c2)N=CCO3)c1. The zero-order valence-electron chi connectivity index (χ0n) is 17.4. The highest BCUT2D eigenvalue weighted by molar-refractivity contribution is 5.97. The van der Waals surface area contributed by atoms with E-state index in [4.69, 9.17) is 9.47 Å². The van der Waals surface area contributed by atoms with Crippen LogP contribution in [-0.2, 0) is 6.42 Å². The van der Waals surface area contributed by atoms with Crippen molar-refractivity contribution in [1.29, 1.82) is 0 Å². The minimum Gasteiger partial charge on any atom is -0.494 e. The van der Waals surface area contributed by atoms with E-state index in [-0.39, 0.29) is 5.78 Å². The molecule has 0 amide bonds. The van der Waals surface area contributed by atoms with Gasteiger partial charge in [0.05, 0.1) is 6.61 Å². The first kappa shape index (κ1) is 21.1. The summed E-state index contributed by atoms with van der Waals surface area (Å²) in [5.74, 6) is 1.85. The summed E-state index contributed by atoms with van der Waals surface area (Å²) in [6.07, 6.45) is 5.18. The molecule has 0 aliphatic carbocycles. The summed E-state index contributed by atoms with van der Waals surface area (Å²) in [6, 6.07) is 13.8. The molecule has 0 fully saturated rings. The number of ketones is 1. The molecule has 0 atom stereocenters. The van der Waals surface area contributed by atoms with Crippen molar-refractivity contribution in [3.63, 3.8) is 0 Å². The van der Waals surface area contributed by atoms with Crippen LogP contribution >= 0.6 is 0 Å². The third-order valence-electron chi connectivity index (χ3n) is 5.01. The molecule has 0 unspecified atom stereocenters. The first-order chi connectivity index (χ1) is 14.2. The maximum Gasteiger partial charge on any atom is 0.162 e. The van der Waals surface area contributed by atoms with Crippen LogP contribution in [0.2, 0.25) is 0 Å². The molecule has 0 spiro atoms. The van der Waals surface area contributed by atoms with Gasteiger partial charge in [0, 0.05) is 24.7 Å². The molecule has 5 nitrogen and oxygen atoms in total. The van der Waals surface area contributed by atoms with Crippen LogP contribution in [0.5, 0.6) is 11.5 Å². The summed E-state index contributed by atoms with van der Waals surface area (Å²) in [5, 5.41) is 0. The summed E-state index contributed by atoms with van der Waals surface area (Å²) in [5.41, 5.74) is 2.75. The molecule has 2 aromatic carbocycles. The molecule has 0 aromatic heterocycles. The van der Waals surface area contributed by atoms with Gasteiger partial charge in [-0.2, -0.15) is 0 Å². The molecule has 0 saturated heterocycles. The molecule has 29 heavy (non-hydrogen) atoms.